The minimum atomic E-state index is 0. The van der Waals surface area contributed by atoms with Crippen LogP contribution in [-0.2, 0) is 45.2 Å². The van der Waals surface area contributed by atoms with Gasteiger partial charge >= 0.3 is 0 Å². The molecule has 1 N–H and O–H groups in total. The van der Waals surface area contributed by atoms with Crippen molar-refractivity contribution in [2.45, 2.75) is 53.4 Å². The molecule has 0 radical (unpaired) electrons. The fraction of sp³-hybridized carbons (Fsp3) is 0.667. The summed E-state index contributed by atoms with van der Waals surface area (Å²) in [7, 11) is 0. The molecule has 0 aliphatic rings. The summed E-state index contributed by atoms with van der Waals surface area (Å²) in [5, 5.41) is 0. The number of aryl methyl sites for hydroxylation is 2. The van der Waals surface area contributed by atoms with Crippen molar-refractivity contribution in [1.29, 1.82) is 0 Å². The van der Waals surface area contributed by atoms with Crippen molar-refractivity contribution < 1.29 is 19.5 Å². The Bertz CT molecular complexity index is 250. The van der Waals surface area contributed by atoms with E-state index in [1.165, 1.54) is 24.2 Å². The molecule has 1 rings (SSSR count). The van der Waals surface area contributed by atoms with Crippen LogP contribution in [-0.4, -0.2) is 4.98 Å². The predicted octanol–water partition coefficient (Wildman–Crippen LogP) is 3.26. The molecule has 1 aromatic heterocycles. The molecule has 0 atom stereocenters. The molecule has 0 amide bonds. The molecule has 0 saturated heterocycles. The van der Waals surface area contributed by atoms with E-state index >= 15 is 0 Å². The van der Waals surface area contributed by atoms with Gasteiger partial charge in [0.05, 0.1) is 0 Å². The maximum absolute atomic E-state index is 3.55. The molecule has 82 valence electrons. The Morgan fingerprint density at radius 1 is 0.714 bits per heavy atom. The maximum Gasteiger partial charge on any atom is 0.0181 e. The van der Waals surface area contributed by atoms with Crippen molar-refractivity contribution in [2.24, 2.45) is 0 Å². The molecule has 2 heteroatoms. The van der Waals surface area contributed by atoms with Gasteiger partial charge in [0.1, 0.15) is 0 Å². The number of nitrogens with one attached hydrogen (secondary N) is 1. The van der Waals surface area contributed by atoms with Crippen molar-refractivity contribution in [3.05, 3.63) is 22.5 Å². The molecular weight excluding hydrogens is 259 g/mol. The quantitative estimate of drug-likeness (QED) is 0.815. The topological polar surface area (TPSA) is 15.8 Å². The third kappa shape index (κ3) is 2.48. The second kappa shape index (κ2) is 6.40. The van der Waals surface area contributed by atoms with Crippen LogP contribution in [0.3, 0.4) is 0 Å². The summed E-state index contributed by atoms with van der Waals surface area (Å²) in [6.07, 6.45) is 4.61. The van der Waals surface area contributed by atoms with Crippen LogP contribution in [0.15, 0.2) is 0 Å². The van der Waals surface area contributed by atoms with Crippen LogP contribution in [0.5, 0.6) is 0 Å². The SMILES string of the molecule is CCc1[nH]c(CC)c(CC)c1CC.[Ru]. The Morgan fingerprint density at radius 3 is 1.29 bits per heavy atom. The molecule has 0 spiro atoms. The van der Waals surface area contributed by atoms with Crippen LogP contribution < -0.4 is 0 Å². The summed E-state index contributed by atoms with van der Waals surface area (Å²) in [5.41, 5.74) is 6.05. The first-order chi connectivity index (χ1) is 6.28. The van der Waals surface area contributed by atoms with E-state index in [2.05, 4.69) is 32.7 Å². The number of aromatic amines is 1. The fourth-order valence-corrected chi connectivity index (χ4v) is 2.15. The number of rotatable bonds is 4. The zero-order valence-electron chi connectivity index (χ0n) is 9.68. The molecule has 0 aromatic carbocycles. The third-order valence-corrected chi connectivity index (χ3v) is 2.81. The Balaban J connectivity index is 0.00000169. The van der Waals surface area contributed by atoms with Crippen molar-refractivity contribution in [1.82, 2.24) is 4.98 Å². The van der Waals surface area contributed by atoms with E-state index in [9.17, 15) is 0 Å². The van der Waals surface area contributed by atoms with Crippen molar-refractivity contribution in [3.63, 3.8) is 0 Å². The summed E-state index contributed by atoms with van der Waals surface area (Å²) in [6.45, 7) is 8.95. The molecule has 0 fully saturated rings. The maximum atomic E-state index is 3.55. The normalized spacial score (nSPS) is 10.0. The zero-order chi connectivity index (χ0) is 9.84. The molecule has 0 unspecified atom stereocenters. The molecule has 0 aliphatic carbocycles. The molecule has 0 saturated carbocycles. The van der Waals surface area contributed by atoms with Gasteiger partial charge in [-0.2, -0.15) is 0 Å². The molecule has 1 aromatic rings. The second-order valence-corrected chi connectivity index (χ2v) is 3.45. The van der Waals surface area contributed by atoms with Gasteiger partial charge in [0, 0.05) is 30.9 Å². The minimum Gasteiger partial charge on any atom is -0.362 e. The first-order valence-corrected chi connectivity index (χ1v) is 5.49. The third-order valence-electron chi connectivity index (χ3n) is 2.81. The van der Waals surface area contributed by atoms with E-state index in [0.717, 1.165) is 12.8 Å². The Morgan fingerprint density at radius 2 is 1.07 bits per heavy atom. The average molecular weight is 280 g/mol. The second-order valence-electron chi connectivity index (χ2n) is 3.45. The molecule has 14 heavy (non-hydrogen) atoms. The van der Waals surface area contributed by atoms with Crippen LogP contribution in [0, 0.1) is 0 Å². The van der Waals surface area contributed by atoms with Gasteiger partial charge in [0.2, 0.25) is 0 Å². The molecule has 0 aliphatic heterocycles. The van der Waals surface area contributed by atoms with E-state index in [-0.39, 0.29) is 19.5 Å². The van der Waals surface area contributed by atoms with Crippen molar-refractivity contribution in [3.8, 4) is 0 Å². The van der Waals surface area contributed by atoms with Crippen molar-refractivity contribution in [2.75, 3.05) is 0 Å². The summed E-state index contributed by atoms with van der Waals surface area (Å²) in [6, 6.07) is 0. The summed E-state index contributed by atoms with van der Waals surface area (Å²) in [4.78, 5) is 3.55. The first-order valence-electron chi connectivity index (χ1n) is 5.49. The Hall–Kier alpha value is -0.0966. The van der Waals surface area contributed by atoms with Gasteiger partial charge < -0.3 is 4.98 Å². The smallest absolute Gasteiger partial charge is 0.0181 e. The van der Waals surface area contributed by atoms with Gasteiger partial charge in [-0.3, -0.25) is 0 Å². The van der Waals surface area contributed by atoms with Crippen molar-refractivity contribution >= 4 is 0 Å². The van der Waals surface area contributed by atoms with E-state index in [1.807, 2.05) is 0 Å². The first kappa shape index (κ1) is 13.9. The summed E-state index contributed by atoms with van der Waals surface area (Å²) in [5.74, 6) is 0. The van der Waals surface area contributed by atoms with E-state index in [4.69, 9.17) is 0 Å². The van der Waals surface area contributed by atoms with Crippen LogP contribution in [0.25, 0.3) is 0 Å². The van der Waals surface area contributed by atoms with Crippen LogP contribution >= 0.6 is 0 Å². The van der Waals surface area contributed by atoms with Gasteiger partial charge in [0.15, 0.2) is 0 Å². The fourth-order valence-electron chi connectivity index (χ4n) is 2.15. The monoisotopic (exact) mass is 281 g/mol. The standard InChI is InChI=1S/C12H21N.Ru/c1-5-9-10(6-2)12(8-4)13-11(9)7-3;/h13H,5-8H2,1-4H3;. The van der Waals surface area contributed by atoms with Crippen LogP contribution in [0.2, 0.25) is 0 Å². The Labute approximate surface area is 100 Å². The number of H-pyrrole nitrogens is 1. The molecule has 1 nitrogen and oxygen atoms in total. The van der Waals surface area contributed by atoms with Gasteiger partial charge in [0.25, 0.3) is 0 Å². The van der Waals surface area contributed by atoms with Gasteiger partial charge in [-0.1, -0.05) is 27.7 Å². The van der Waals surface area contributed by atoms with Crippen LogP contribution in [0.1, 0.15) is 50.2 Å². The predicted molar refractivity (Wildman–Crippen MR) is 58.3 cm³/mol. The number of hydrogen-bond donors (Lipinski definition) is 1. The van der Waals surface area contributed by atoms with Crippen LogP contribution in [0.4, 0.5) is 0 Å². The largest absolute Gasteiger partial charge is 0.362 e. The van der Waals surface area contributed by atoms with E-state index in [0.29, 0.717) is 0 Å². The van der Waals surface area contributed by atoms with Gasteiger partial charge in [-0.25, -0.2) is 0 Å². The molecular formula is C12H21NRu. The Kier molecular flexibility index (Phi) is 6.35. The van der Waals surface area contributed by atoms with E-state index in [1.54, 1.807) is 11.1 Å². The summed E-state index contributed by atoms with van der Waals surface area (Å²) >= 11 is 0. The molecule has 0 bridgehead atoms. The minimum absolute atomic E-state index is 0. The average Bonchev–Trinajstić information content (AvgIpc) is 2.54. The zero-order valence-corrected chi connectivity index (χ0v) is 11.4. The number of hydrogen-bond acceptors (Lipinski definition) is 0. The molecule has 1 heterocycles. The summed E-state index contributed by atoms with van der Waals surface area (Å²) < 4.78 is 0. The van der Waals surface area contributed by atoms with Gasteiger partial charge in [-0.15, -0.1) is 0 Å². The van der Waals surface area contributed by atoms with E-state index < -0.39 is 0 Å². The van der Waals surface area contributed by atoms with Gasteiger partial charge in [-0.05, 0) is 36.8 Å². The number of aromatic nitrogens is 1.